The second-order valence-electron chi connectivity index (χ2n) is 7.00. The fourth-order valence-electron chi connectivity index (χ4n) is 3.35. The summed E-state index contributed by atoms with van der Waals surface area (Å²) >= 11 is 5.63. The van der Waals surface area contributed by atoms with Crippen molar-refractivity contribution in [1.82, 2.24) is 10.2 Å². The van der Waals surface area contributed by atoms with Crippen molar-refractivity contribution in [3.05, 3.63) is 94.3 Å². The number of nitrogens with zero attached hydrogens (tertiary/aromatic N) is 1. The van der Waals surface area contributed by atoms with Crippen molar-refractivity contribution in [3.63, 3.8) is 0 Å². The molecule has 1 heterocycles. The molecule has 9 heteroatoms. The molecule has 0 aliphatic carbocycles. The zero-order chi connectivity index (χ0) is 23.3. The molecule has 1 unspecified atom stereocenters. The van der Waals surface area contributed by atoms with Gasteiger partial charge in [-0.15, -0.1) is 0 Å². The summed E-state index contributed by atoms with van der Waals surface area (Å²) in [5, 5.41) is 2.11. The van der Waals surface area contributed by atoms with E-state index in [0.29, 0.717) is 16.7 Å². The molecule has 0 aromatic heterocycles. The Hall–Kier alpha value is -3.10. The second-order valence-corrected chi connectivity index (χ2v) is 7.22. The number of rotatable bonds is 8. The molecule has 32 heavy (non-hydrogen) atoms. The van der Waals surface area contributed by atoms with Gasteiger partial charge in [0.15, 0.2) is 12.1 Å². The van der Waals surface area contributed by atoms with Crippen molar-refractivity contribution >= 4 is 23.4 Å². The topological polar surface area (TPSA) is 58.6 Å². The molecule has 1 N–H and O–H groups in total. The largest absolute Gasteiger partial charge is 0.357 e. The molecule has 1 aliphatic rings. The maximum atomic E-state index is 15.0. The van der Waals surface area contributed by atoms with Crippen molar-refractivity contribution in [3.8, 4) is 0 Å². The van der Waals surface area contributed by atoms with Gasteiger partial charge in [-0.2, -0.15) is 8.78 Å². The van der Waals surface area contributed by atoms with E-state index in [0.717, 1.165) is 12.0 Å². The highest BCUT2D eigenvalue weighted by atomic mass is 35.5. The lowest BCUT2D eigenvalue weighted by Gasteiger charge is -2.28. The minimum atomic E-state index is -4.22. The van der Waals surface area contributed by atoms with Crippen LogP contribution in [0.5, 0.6) is 0 Å². The highest BCUT2D eigenvalue weighted by Gasteiger charge is 2.51. The first-order valence-electron chi connectivity index (χ1n) is 9.59. The number of hydrogen-bond acceptors (Lipinski definition) is 3. The predicted octanol–water partition coefficient (Wildman–Crippen LogP) is 4.30. The van der Waals surface area contributed by atoms with Crippen molar-refractivity contribution in [1.29, 1.82) is 0 Å². The summed E-state index contributed by atoms with van der Waals surface area (Å²) in [6, 6.07) is 17.0. The van der Waals surface area contributed by atoms with E-state index in [1.54, 1.807) is 60.7 Å². The van der Waals surface area contributed by atoms with Gasteiger partial charge in [-0.3, -0.25) is 9.59 Å². The first-order valence-corrected chi connectivity index (χ1v) is 10.0. The molecule has 0 spiro atoms. The quantitative estimate of drug-likeness (QED) is 0.633. The lowest BCUT2D eigenvalue weighted by Crippen LogP contribution is -2.44. The minimum absolute atomic E-state index is 0.0869. The summed E-state index contributed by atoms with van der Waals surface area (Å²) in [5.74, 6) is -8.48. The van der Waals surface area contributed by atoms with Gasteiger partial charge < -0.3 is 15.0 Å². The zero-order valence-electron chi connectivity index (χ0n) is 17.0. The van der Waals surface area contributed by atoms with Crippen LogP contribution >= 0.6 is 11.6 Å². The molecule has 1 atom stereocenters. The van der Waals surface area contributed by atoms with Crippen LogP contribution in [0.15, 0.2) is 83.2 Å². The molecule has 0 saturated heterocycles. The van der Waals surface area contributed by atoms with Crippen molar-refractivity contribution in [2.75, 3.05) is 7.11 Å². The molecule has 0 radical (unpaired) electrons. The summed E-state index contributed by atoms with van der Waals surface area (Å²) in [6.07, 6.45) is -1.49. The van der Waals surface area contributed by atoms with Gasteiger partial charge in [-0.05, 0) is 11.1 Å². The molecule has 5 nitrogen and oxygen atoms in total. The normalized spacial score (nSPS) is 17.2. The van der Waals surface area contributed by atoms with Crippen LogP contribution in [0.4, 0.5) is 13.2 Å². The molecule has 0 saturated carbocycles. The van der Waals surface area contributed by atoms with Gasteiger partial charge >= 0.3 is 5.92 Å². The first kappa shape index (κ1) is 23.6. The van der Waals surface area contributed by atoms with Crippen LogP contribution in [-0.4, -0.2) is 36.0 Å². The maximum absolute atomic E-state index is 15.0. The van der Waals surface area contributed by atoms with E-state index in [1.807, 2.05) is 0 Å². The summed E-state index contributed by atoms with van der Waals surface area (Å²) in [5.41, 5.74) is -0.275. The number of alkyl halides is 2. The monoisotopic (exact) mass is 464 g/mol. The fraction of sp³-hybridized carbons (Fsp3) is 0.217. The van der Waals surface area contributed by atoms with E-state index in [1.165, 1.54) is 0 Å². The van der Waals surface area contributed by atoms with Crippen LogP contribution in [-0.2, 0) is 27.4 Å². The summed E-state index contributed by atoms with van der Waals surface area (Å²) in [4.78, 5) is 25.8. The average molecular weight is 465 g/mol. The molecule has 0 fully saturated rings. The maximum Gasteiger partial charge on any atom is 0.351 e. The van der Waals surface area contributed by atoms with E-state index in [2.05, 4.69) is 5.32 Å². The van der Waals surface area contributed by atoms with Gasteiger partial charge in [0.25, 0.3) is 11.8 Å². The van der Waals surface area contributed by atoms with Crippen LogP contribution in [0, 0.1) is 0 Å². The van der Waals surface area contributed by atoms with Crippen LogP contribution in [0.1, 0.15) is 11.1 Å². The first-order chi connectivity index (χ1) is 15.3. The van der Waals surface area contributed by atoms with Crippen LogP contribution in [0.2, 0.25) is 0 Å². The molecule has 2 aromatic rings. The highest BCUT2D eigenvalue weighted by Crippen LogP contribution is 2.41. The molecule has 2 amide bonds. The third-order valence-electron chi connectivity index (χ3n) is 4.95. The number of carbonyl (C=O) groups excluding carboxylic acids is 2. The van der Waals surface area contributed by atoms with Gasteiger partial charge in [0.05, 0.1) is 11.1 Å². The molecular formula is C23H20ClF3N2O3. The molecule has 168 valence electrons. The summed E-state index contributed by atoms with van der Waals surface area (Å²) < 4.78 is 50.2. The number of benzene rings is 2. The molecule has 2 aromatic carbocycles. The van der Waals surface area contributed by atoms with Gasteiger partial charge in [0.2, 0.25) is 0 Å². The fourth-order valence-corrected chi connectivity index (χ4v) is 3.61. The number of carbonyl (C=O) groups is 2. The Morgan fingerprint density at radius 2 is 1.69 bits per heavy atom. The number of nitrogens with one attached hydrogen (secondary N) is 1. The number of amides is 2. The smallest absolute Gasteiger partial charge is 0.351 e. The lowest BCUT2D eigenvalue weighted by molar-refractivity contribution is -0.140. The second kappa shape index (κ2) is 10.0. The molecular weight excluding hydrogens is 445 g/mol. The van der Waals surface area contributed by atoms with Gasteiger partial charge in [0.1, 0.15) is 0 Å². The Bertz CT molecular complexity index is 1040. The number of halogens is 4. The Morgan fingerprint density at radius 3 is 2.22 bits per heavy atom. The Labute approximate surface area is 188 Å². The van der Waals surface area contributed by atoms with E-state index >= 15 is 8.78 Å². The molecule has 3 rings (SSSR count). The number of hydrogen-bond donors (Lipinski definition) is 1. The highest BCUT2D eigenvalue weighted by molar-refractivity contribution is 6.26. The number of methoxy groups -OCH3 is 1. The lowest BCUT2D eigenvalue weighted by atomic mass is 9.99. The van der Waals surface area contributed by atoms with Gasteiger partial charge in [-0.25, -0.2) is 4.39 Å². The van der Waals surface area contributed by atoms with Crippen molar-refractivity contribution < 1.29 is 27.5 Å². The molecule has 1 aliphatic heterocycles. The van der Waals surface area contributed by atoms with Crippen molar-refractivity contribution in [2.24, 2.45) is 0 Å². The van der Waals surface area contributed by atoms with Gasteiger partial charge in [0, 0.05) is 25.7 Å². The van der Waals surface area contributed by atoms with E-state index in [-0.39, 0.29) is 13.1 Å². The predicted molar refractivity (Wildman–Crippen MR) is 113 cm³/mol. The zero-order valence-corrected chi connectivity index (χ0v) is 17.8. The van der Waals surface area contributed by atoms with Crippen LogP contribution in [0.3, 0.4) is 0 Å². The van der Waals surface area contributed by atoms with Crippen LogP contribution < -0.4 is 5.32 Å². The summed E-state index contributed by atoms with van der Waals surface area (Å²) in [7, 11) is 1.15. The Balaban J connectivity index is 1.85. The molecule has 0 bridgehead atoms. The number of ether oxygens (including phenoxy) is 1. The Morgan fingerprint density at radius 1 is 1.12 bits per heavy atom. The Kier molecular flexibility index (Phi) is 7.37. The standard InChI is InChI=1S/C23H20ClF3N2O3/c1-32-21-18(19(25)20(30)29(21)14-16-10-6-3-7-11-16)17(12-24)23(26,27)22(31)28-13-15-8-4-2-5-9-15/h2-12,21H,13-14H2,1H3,(H,28,31)/b17-12-. The van der Waals surface area contributed by atoms with Crippen LogP contribution in [0.25, 0.3) is 0 Å². The third-order valence-corrected chi connectivity index (χ3v) is 5.17. The third kappa shape index (κ3) is 4.71. The average Bonchev–Trinajstić information content (AvgIpc) is 3.03. The van der Waals surface area contributed by atoms with E-state index in [9.17, 15) is 14.0 Å². The van der Waals surface area contributed by atoms with E-state index in [4.69, 9.17) is 16.3 Å². The minimum Gasteiger partial charge on any atom is -0.357 e. The SMILES string of the molecule is COC1C(/C(=C/Cl)C(F)(F)C(=O)NCc2ccccc2)=C(F)C(=O)N1Cc1ccccc1. The van der Waals surface area contributed by atoms with Gasteiger partial charge in [-0.1, -0.05) is 72.3 Å². The summed E-state index contributed by atoms with van der Waals surface area (Å²) in [6.45, 7) is -0.254. The van der Waals surface area contributed by atoms with Crippen molar-refractivity contribution in [2.45, 2.75) is 25.2 Å². The van der Waals surface area contributed by atoms with E-state index < -0.39 is 40.9 Å².